The molecule has 1 aliphatic carbocycles. The number of likely N-dealkylation sites (tertiary alicyclic amines) is 1. The van der Waals surface area contributed by atoms with Gasteiger partial charge in [0.1, 0.15) is 5.75 Å². The molecule has 2 aliphatic rings. The summed E-state index contributed by atoms with van der Waals surface area (Å²) in [4.78, 5) is 2.56. The van der Waals surface area contributed by atoms with Gasteiger partial charge in [-0.2, -0.15) is 0 Å². The first kappa shape index (κ1) is 15.7. The molecular weight excluding hydrogens is 291 g/mol. The van der Waals surface area contributed by atoms with Gasteiger partial charge in [0.05, 0.1) is 0 Å². The largest absolute Gasteiger partial charge is 0.573 e. The van der Waals surface area contributed by atoms with Crippen molar-refractivity contribution in [2.45, 2.75) is 56.8 Å². The molecule has 22 heavy (non-hydrogen) atoms. The van der Waals surface area contributed by atoms with Crippen LogP contribution in [0.5, 0.6) is 5.75 Å². The van der Waals surface area contributed by atoms with Crippen molar-refractivity contribution in [1.82, 2.24) is 4.90 Å². The lowest BCUT2D eigenvalue weighted by molar-refractivity contribution is -0.274. The Bertz CT molecular complexity index is 497. The molecule has 1 saturated carbocycles. The zero-order valence-electron chi connectivity index (χ0n) is 12.6. The highest BCUT2D eigenvalue weighted by atomic mass is 19.4. The van der Waals surface area contributed by atoms with E-state index in [1.807, 2.05) is 6.07 Å². The smallest absolute Gasteiger partial charge is 0.406 e. The van der Waals surface area contributed by atoms with Crippen LogP contribution in [0.1, 0.15) is 50.0 Å². The molecule has 0 amide bonds. The minimum atomic E-state index is -4.62. The summed E-state index contributed by atoms with van der Waals surface area (Å²) in [6, 6.07) is 7.12. The fourth-order valence-corrected chi connectivity index (χ4v) is 3.87. The summed E-state index contributed by atoms with van der Waals surface area (Å²) in [5, 5.41) is 0. The van der Waals surface area contributed by atoms with Crippen LogP contribution >= 0.6 is 0 Å². The van der Waals surface area contributed by atoms with Gasteiger partial charge in [-0.1, -0.05) is 18.6 Å². The Hall–Kier alpha value is -1.23. The first-order valence-corrected chi connectivity index (χ1v) is 8.11. The molecule has 0 spiro atoms. The number of rotatable bonds is 3. The van der Waals surface area contributed by atoms with Crippen LogP contribution in [0, 0.1) is 0 Å². The lowest BCUT2D eigenvalue weighted by Gasteiger charge is -2.35. The molecule has 0 aromatic heterocycles. The maximum absolute atomic E-state index is 12.4. The van der Waals surface area contributed by atoms with Gasteiger partial charge >= 0.3 is 6.36 Å². The van der Waals surface area contributed by atoms with E-state index in [0.717, 1.165) is 24.8 Å². The zero-order chi connectivity index (χ0) is 15.6. The van der Waals surface area contributed by atoms with Crippen LogP contribution in [0.2, 0.25) is 0 Å². The van der Waals surface area contributed by atoms with Gasteiger partial charge in [-0.15, -0.1) is 13.2 Å². The van der Waals surface area contributed by atoms with E-state index in [1.54, 1.807) is 12.1 Å². The molecule has 1 heterocycles. The SMILES string of the molecule is FC(F)(F)Oc1cccc([C@H]2CCC[C@@H](N3CCCC3)C2)c1. The summed E-state index contributed by atoms with van der Waals surface area (Å²) >= 11 is 0. The highest BCUT2D eigenvalue weighted by molar-refractivity contribution is 5.31. The molecule has 0 bridgehead atoms. The number of alkyl halides is 3. The molecule has 122 valence electrons. The van der Waals surface area contributed by atoms with Crippen LogP contribution in [-0.4, -0.2) is 30.4 Å². The van der Waals surface area contributed by atoms with Gasteiger partial charge in [0.2, 0.25) is 0 Å². The van der Waals surface area contributed by atoms with Crippen molar-refractivity contribution in [3.05, 3.63) is 29.8 Å². The highest BCUT2D eigenvalue weighted by Crippen LogP contribution is 2.37. The number of nitrogens with zero attached hydrogens (tertiary/aromatic N) is 1. The van der Waals surface area contributed by atoms with E-state index in [-0.39, 0.29) is 5.75 Å². The van der Waals surface area contributed by atoms with Crippen LogP contribution in [0.4, 0.5) is 13.2 Å². The Kier molecular flexibility index (Phi) is 4.62. The molecule has 1 aromatic carbocycles. The Morgan fingerprint density at radius 2 is 1.82 bits per heavy atom. The van der Waals surface area contributed by atoms with Gasteiger partial charge in [-0.3, -0.25) is 0 Å². The van der Waals surface area contributed by atoms with Crippen molar-refractivity contribution >= 4 is 0 Å². The maximum Gasteiger partial charge on any atom is 0.573 e. The number of halogens is 3. The third-order valence-corrected chi connectivity index (χ3v) is 4.87. The fraction of sp³-hybridized carbons (Fsp3) is 0.647. The predicted molar refractivity (Wildman–Crippen MR) is 78.9 cm³/mol. The van der Waals surface area contributed by atoms with E-state index in [4.69, 9.17) is 0 Å². The number of ether oxygens (including phenoxy) is 1. The number of hydrogen-bond donors (Lipinski definition) is 0. The summed E-state index contributed by atoms with van der Waals surface area (Å²) in [5.41, 5.74) is 0.977. The summed E-state index contributed by atoms with van der Waals surface area (Å²) in [5.74, 6) is 0.240. The molecule has 1 aromatic rings. The first-order chi connectivity index (χ1) is 10.5. The summed E-state index contributed by atoms with van der Waals surface area (Å²) in [6.07, 6.45) is 2.40. The fourth-order valence-electron chi connectivity index (χ4n) is 3.87. The molecule has 2 fully saturated rings. The second kappa shape index (κ2) is 6.49. The molecular formula is C17H22F3NO. The van der Waals surface area contributed by atoms with E-state index in [0.29, 0.717) is 12.0 Å². The Balaban J connectivity index is 1.68. The van der Waals surface area contributed by atoms with E-state index < -0.39 is 6.36 Å². The van der Waals surface area contributed by atoms with Crippen molar-refractivity contribution in [2.24, 2.45) is 0 Å². The minimum absolute atomic E-state index is 0.103. The van der Waals surface area contributed by atoms with Gasteiger partial charge in [0, 0.05) is 6.04 Å². The van der Waals surface area contributed by atoms with Gasteiger partial charge in [-0.25, -0.2) is 0 Å². The van der Waals surface area contributed by atoms with Crippen molar-refractivity contribution in [3.8, 4) is 5.75 Å². The molecule has 1 aliphatic heterocycles. The van der Waals surface area contributed by atoms with Crippen LogP contribution < -0.4 is 4.74 Å². The van der Waals surface area contributed by atoms with E-state index in [2.05, 4.69) is 9.64 Å². The van der Waals surface area contributed by atoms with Crippen LogP contribution in [-0.2, 0) is 0 Å². The Morgan fingerprint density at radius 3 is 2.55 bits per heavy atom. The minimum Gasteiger partial charge on any atom is -0.406 e. The summed E-state index contributed by atoms with van der Waals surface area (Å²) in [6.45, 7) is 2.35. The van der Waals surface area contributed by atoms with Crippen molar-refractivity contribution < 1.29 is 17.9 Å². The average Bonchev–Trinajstić information content (AvgIpc) is 3.00. The van der Waals surface area contributed by atoms with Crippen molar-refractivity contribution in [2.75, 3.05) is 13.1 Å². The van der Waals surface area contributed by atoms with Crippen molar-refractivity contribution in [1.29, 1.82) is 0 Å². The summed E-state index contributed by atoms with van der Waals surface area (Å²) < 4.78 is 41.1. The van der Waals surface area contributed by atoms with Gasteiger partial charge in [0.25, 0.3) is 0 Å². The molecule has 3 rings (SSSR count). The standard InChI is InChI=1S/C17H22F3NO/c18-17(19,20)22-16-8-4-6-14(12-16)13-5-3-7-15(11-13)21-9-1-2-10-21/h4,6,8,12-13,15H,1-3,5,7,9-11H2/t13-,15+/m0/s1. The first-order valence-electron chi connectivity index (χ1n) is 8.11. The molecule has 0 unspecified atom stereocenters. The number of benzene rings is 1. The zero-order valence-corrected chi connectivity index (χ0v) is 12.6. The molecule has 0 N–H and O–H groups in total. The highest BCUT2D eigenvalue weighted by Gasteiger charge is 2.32. The average molecular weight is 313 g/mol. The van der Waals surface area contributed by atoms with E-state index >= 15 is 0 Å². The Morgan fingerprint density at radius 1 is 1.05 bits per heavy atom. The number of hydrogen-bond acceptors (Lipinski definition) is 2. The second-order valence-electron chi connectivity index (χ2n) is 6.38. The normalized spacial score (nSPS) is 27.0. The topological polar surface area (TPSA) is 12.5 Å². The van der Waals surface area contributed by atoms with E-state index in [9.17, 15) is 13.2 Å². The third-order valence-electron chi connectivity index (χ3n) is 4.87. The van der Waals surface area contributed by atoms with Crippen LogP contribution in [0.15, 0.2) is 24.3 Å². The van der Waals surface area contributed by atoms with Gasteiger partial charge in [-0.05, 0) is 68.8 Å². The third kappa shape index (κ3) is 3.94. The summed E-state index contributed by atoms with van der Waals surface area (Å²) in [7, 11) is 0. The second-order valence-corrected chi connectivity index (χ2v) is 6.38. The molecule has 1 saturated heterocycles. The monoisotopic (exact) mass is 313 g/mol. The predicted octanol–water partition coefficient (Wildman–Crippen LogP) is 4.71. The molecule has 0 radical (unpaired) electrons. The maximum atomic E-state index is 12.4. The van der Waals surface area contributed by atoms with Gasteiger partial charge in [0.15, 0.2) is 0 Å². The van der Waals surface area contributed by atoms with Gasteiger partial charge < -0.3 is 9.64 Å². The molecule has 2 nitrogen and oxygen atoms in total. The molecule has 2 atom stereocenters. The Labute approximate surface area is 129 Å². The van der Waals surface area contributed by atoms with E-state index in [1.165, 1.54) is 38.4 Å². The molecule has 5 heteroatoms. The lowest BCUT2D eigenvalue weighted by Crippen LogP contribution is -2.36. The van der Waals surface area contributed by atoms with Crippen LogP contribution in [0.3, 0.4) is 0 Å². The van der Waals surface area contributed by atoms with Crippen LogP contribution in [0.25, 0.3) is 0 Å². The lowest BCUT2D eigenvalue weighted by atomic mass is 9.81. The quantitative estimate of drug-likeness (QED) is 0.801. The van der Waals surface area contributed by atoms with Crippen molar-refractivity contribution in [3.63, 3.8) is 0 Å².